The van der Waals surface area contributed by atoms with Gasteiger partial charge in [-0.3, -0.25) is 0 Å². The predicted octanol–water partition coefficient (Wildman–Crippen LogP) is 1.41. The van der Waals surface area contributed by atoms with Gasteiger partial charge in [-0.05, 0) is 23.4 Å². The molecular formula is C10H8ClN7. The minimum absolute atomic E-state index is 0.214. The topological polar surface area (TPSA) is 116 Å². The number of allylic oxidation sites excluding steroid dienone is 1. The first kappa shape index (κ1) is 11.9. The van der Waals surface area contributed by atoms with E-state index in [0.29, 0.717) is 16.4 Å². The molecule has 0 unspecified atom stereocenters. The molecule has 0 aliphatic carbocycles. The van der Waals surface area contributed by atoms with Gasteiger partial charge in [0.15, 0.2) is 0 Å². The Hall–Kier alpha value is -2.59. The standard InChI is InChI=1S/C10H8ClN7/c11-8-3-7(1-2-9(8)13)14-5-6(4-12)10-15-17-18-16-10/h1-3,5,14H,13H2,(H,15,16,17,18). The van der Waals surface area contributed by atoms with Crippen molar-refractivity contribution in [3.63, 3.8) is 0 Å². The summed E-state index contributed by atoms with van der Waals surface area (Å²) in [5.74, 6) is 0.214. The average molecular weight is 262 g/mol. The number of nitrogens with one attached hydrogen (secondary N) is 2. The zero-order valence-corrected chi connectivity index (χ0v) is 9.81. The van der Waals surface area contributed by atoms with Crippen molar-refractivity contribution in [3.8, 4) is 6.07 Å². The van der Waals surface area contributed by atoms with Gasteiger partial charge in [0.05, 0.1) is 10.7 Å². The molecule has 18 heavy (non-hydrogen) atoms. The summed E-state index contributed by atoms with van der Waals surface area (Å²) >= 11 is 5.87. The highest BCUT2D eigenvalue weighted by Gasteiger charge is 2.05. The Morgan fingerprint density at radius 3 is 3.00 bits per heavy atom. The molecule has 0 saturated carbocycles. The van der Waals surface area contributed by atoms with Crippen molar-refractivity contribution in [3.05, 3.63) is 35.2 Å². The van der Waals surface area contributed by atoms with E-state index >= 15 is 0 Å². The number of aromatic nitrogens is 4. The number of H-pyrrole nitrogens is 1. The van der Waals surface area contributed by atoms with Crippen LogP contribution in [0.2, 0.25) is 5.02 Å². The van der Waals surface area contributed by atoms with Crippen LogP contribution < -0.4 is 11.1 Å². The van der Waals surface area contributed by atoms with Crippen molar-refractivity contribution in [1.29, 1.82) is 5.26 Å². The van der Waals surface area contributed by atoms with Gasteiger partial charge in [-0.2, -0.15) is 10.5 Å². The molecule has 90 valence electrons. The molecule has 1 heterocycles. The van der Waals surface area contributed by atoms with E-state index in [0.717, 1.165) is 0 Å². The minimum Gasteiger partial charge on any atom is -0.398 e. The zero-order chi connectivity index (χ0) is 13.0. The lowest BCUT2D eigenvalue weighted by Crippen LogP contribution is -1.94. The molecule has 0 fully saturated rings. The maximum Gasteiger partial charge on any atom is 0.216 e. The molecule has 0 bridgehead atoms. The molecule has 2 rings (SSSR count). The molecule has 0 aliphatic heterocycles. The molecule has 0 atom stereocenters. The summed E-state index contributed by atoms with van der Waals surface area (Å²) in [5, 5.41) is 25.4. The van der Waals surface area contributed by atoms with E-state index in [1.54, 1.807) is 18.2 Å². The van der Waals surface area contributed by atoms with E-state index in [9.17, 15) is 0 Å². The number of anilines is 2. The van der Waals surface area contributed by atoms with Gasteiger partial charge in [0.1, 0.15) is 11.6 Å². The van der Waals surface area contributed by atoms with Crippen LogP contribution in [-0.4, -0.2) is 20.6 Å². The van der Waals surface area contributed by atoms with Crippen molar-refractivity contribution in [1.82, 2.24) is 20.6 Å². The molecule has 8 heteroatoms. The highest BCUT2D eigenvalue weighted by Crippen LogP contribution is 2.22. The number of benzene rings is 1. The molecule has 0 saturated heterocycles. The molecule has 0 aliphatic rings. The van der Waals surface area contributed by atoms with Gasteiger partial charge < -0.3 is 11.1 Å². The van der Waals surface area contributed by atoms with Crippen LogP contribution in [0.3, 0.4) is 0 Å². The predicted molar refractivity (Wildman–Crippen MR) is 67.3 cm³/mol. The van der Waals surface area contributed by atoms with Crippen molar-refractivity contribution in [2.24, 2.45) is 0 Å². The fourth-order valence-corrected chi connectivity index (χ4v) is 1.38. The minimum atomic E-state index is 0.214. The summed E-state index contributed by atoms with van der Waals surface area (Å²) < 4.78 is 0. The lowest BCUT2D eigenvalue weighted by atomic mass is 10.2. The molecule has 2 aromatic rings. The molecule has 0 spiro atoms. The quantitative estimate of drug-likeness (QED) is 0.568. The van der Waals surface area contributed by atoms with Crippen LogP contribution >= 0.6 is 11.6 Å². The molecular weight excluding hydrogens is 254 g/mol. The highest BCUT2D eigenvalue weighted by molar-refractivity contribution is 6.33. The van der Waals surface area contributed by atoms with Crippen LogP contribution in [0.1, 0.15) is 5.82 Å². The van der Waals surface area contributed by atoms with E-state index < -0.39 is 0 Å². The van der Waals surface area contributed by atoms with Gasteiger partial charge in [-0.15, -0.1) is 10.2 Å². The van der Waals surface area contributed by atoms with Crippen LogP contribution in [0, 0.1) is 11.3 Å². The average Bonchev–Trinajstić information content (AvgIpc) is 2.88. The number of rotatable bonds is 3. The summed E-state index contributed by atoms with van der Waals surface area (Å²) in [4.78, 5) is 0. The van der Waals surface area contributed by atoms with Crippen molar-refractivity contribution in [2.75, 3.05) is 11.1 Å². The molecule has 1 aromatic carbocycles. The maximum atomic E-state index is 8.95. The number of nitrogens with two attached hydrogens (primary N) is 1. The Morgan fingerprint density at radius 1 is 1.56 bits per heavy atom. The second-order valence-electron chi connectivity index (χ2n) is 3.29. The largest absolute Gasteiger partial charge is 0.398 e. The van der Waals surface area contributed by atoms with Crippen LogP contribution in [0.4, 0.5) is 11.4 Å². The van der Waals surface area contributed by atoms with Crippen molar-refractivity contribution < 1.29 is 0 Å². The second kappa shape index (κ2) is 5.16. The third-order valence-electron chi connectivity index (χ3n) is 2.09. The second-order valence-corrected chi connectivity index (χ2v) is 3.69. The van der Waals surface area contributed by atoms with Crippen molar-refractivity contribution in [2.45, 2.75) is 0 Å². The molecule has 0 radical (unpaired) electrons. The molecule has 1 aromatic heterocycles. The Balaban J connectivity index is 2.19. The van der Waals surface area contributed by atoms with Crippen molar-refractivity contribution >= 4 is 28.5 Å². The third kappa shape index (κ3) is 2.56. The van der Waals surface area contributed by atoms with Crippen LogP contribution in [-0.2, 0) is 0 Å². The lowest BCUT2D eigenvalue weighted by Gasteiger charge is -2.03. The summed E-state index contributed by atoms with van der Waals surface area (Å²) in [5.41, 5.74) is 7.03. The third-order valence-corrected chi connectivity index (χ3v) is 2.42. The fraction of sp³-hybridized carbons (Fsp3) is 0. The zero-order valence-electron chi connectivity index (χ0n) is 9.05. The highest BCUT2D eigenvalue weighted by atomic mass is 35.5. The Morgan fingerprint density at radius 2 is 2.39 bits per heavy atom. The number of halogens is 1. The van der Waals surface area contributed by atoms with Crippen LogP contribution in [0.15, 0.2) is 24.4 Å². The Kier molecular flexibility index (Phi) is 3.41. The number of hydrogen-bond acceptors (Lipinski definition) is 6. The number of nitrogens with zero attached hydrogens (tertiary/aromatic N) is 4. The normalized spacial score (nSPS) is 11.0. The summed E-state index contributed by atoms with van der Waals surface area (Å²) in [6, 6.07) is 7.01. The monoisotopic (exact) mass is 261 g/mol. The molecule has 7 nitrogen and oxygen atoms in total. The van der Waals surface area contributed by atoms with E-state index in [2.05, 4.69) is 25.9 Å². The first-order chi connectivity index (χ1) is 8.70. The Labute approximate surface area is 107 Å². The number of nitriles is 1. The summed E-state index contributed by atoms with van der Waals surface area (Å²) in [6.45, 7) is 0. The van der Waals surface area contributed by atoms with Gasteiger partial charge in [0.25, 0.3) is 0 Å². The first-order valence-corrected chi connectivity index (χ1v) is 5.24. The van der Waals surface area contributed by atoms with Gasteiger partial charge in [0.2, 0.25) is 5.82 Å². The summed E-state index contributed by atoms with van der Waals surface area (Å²) in [6.07, 6.45) is 1.46. The van der Waals surface area contributed by atoms with Gasteiger partial charge in [-0.25, -0.2) is 0 Å². The maximum absolute atomic E-state index is 8.95. The van der Waals surface area contributed by atoms with Gasteiger partial charge in [0, 0.05) is 11.9 Å². The van der Waals surface area contributed by atoms with E-state index in [1.807, 2.05) is 6.07 Å². The van der Waals surface area contributed by atoms with E-state index in [4.69, 9.17) is 22.6 Å². The molecule has 0 amide bonds. The molecule has 4 N–H and O–H groups in total. The summed E-state index contributed by atoms with van der Waals surface area (Å²) in [7, 11) is 0. The number of tetrazole rings is 1. The van der Waals surface area contributed by atoms with Crippen LogP contribution in [0.25, 0.3) is 5.57 Å². The van der Waals surface area contributed by atoms with Gasteiger partial charge >= 0.3 is 0 Å². The number of nitrogen functional groups attached to an aromatic ring is 1. The van der Waals surface area contributed by atoms with E-state index in [-0.39, 0.29) is 11.4 Å². The SMILES string of the molecule is N#CC(=CNc1ccc(N)c(Cl)c1)c1nn[nH]n1. The fourth-order valence-electron chi connectivity index (χ4n) is 1.20. The number of aromatic amines is 1. The van der Waals surface area contributed by atoms with Crippen LogP contribution in [0.5, 0.6) is 0 Å². The Bertz CT molecular complexity index is 612. The number of hydrogen-bond donors (Lipinski definition) is 3. The smallest absolute Gasteiger partial charge is 0.216 e. The first-order valence-electron chi connectivity index (χ1n) is 4.86. The van der Waals surface area contributed by atoms with Gasteiger partial charge in [-0.1, -0.05) is 11.6 Å². The lowest BCUT2D eigenvalue weighted by molar-refractivity contribution is 0.881. The van der Waals surface area contributed by atoms with E-state index in [1.165, 1.54) is 6.20 Å².